The minimum absolute atomic E-state index is 0.00218. The van der Waals surface area contributed by atoms with Crippen molar-refractivity contribution >= 4 is 11.6 Å². The van der Waals surface area contributed by atoms with Gasteiger partial charge in [0, 0.05) is 17.4 Å². The van der Waals surface area contributed by atoms with Crippen LogP contribution in [-0.2, 0) is 0 Å². The molecule has 0 bridgehead atoms. The summed E-state index contributed by atoms with van der Waals surface area (Å²) < 4.78 is 0. The van der Waals surface area contributed by atoms with E-state index in [1.807, 2.05) is 13.8 Å². The number of Topliss-reactive ketones (excluding diaryl/α,β-unsaturated/α-hetero) is 2. The van der Waals surface area contributed by atoms with Crippen LogP contribution in [0.25, 0.3) is 0 Å². The van der Waals surface area contributed by atoms with Crippen molar-refractivity contribution in [3.63, 3.8) is 0 Å². The molecule has 2 atom stereocenters. The largest absolute Gasteiger partial charge is 0.507 e. The second-order valence-corrected chi connectivity index (χ2v) is 5.61. The molecule has 98 valence electrons. The van der Waals surface area contributed by atoms with E-state index in [0.717, 1.165) is 0 Å². The molecule has 3 heteroatoms. The van der Waals surface area contributed by atoms with E-state index in [2.05, 4.69) is 0 Å². The van der Waals surface area contributed by atoms with Crippen LogP contribution in [0.15, 0.2) is 29.3 Å². The molecular formula is C16H16O3. The molecule has 0 radical (unpaired) electrons. The first-order valence-electron chi connectivity index (χ1n) is 6.56. The van der Waals surface area contributed by atoms with Gasteiger partial charge in [-0.3, -0.25) is 9.59 Å². The van der Waals surface area contributed by atoms with Crippen molar-refractivity contribution in [2.75, 3.05) is 0 Å². The molecule has 0 aliphatic heterocycles. The minimum Gasteiger partial charge on any atom is -0.507 e. The predicted molar refractivity (Wildman–Crippen MR) is 71.4 cm³/mol. The molecule has 3 rings (SSSR count). The van der Waals surface area contributed by atoms with Crippen molar-refractivity contribution in [2.24, 2.45) is 11.8 Å². The van der Waals surface area contributed by atoms with E-state index in [4.69, 9.17) is 0 Å². The van der Waals surface area contributed by atoms with Gasteiger partial charge in [-0.25, -0.2) is 0 Å². The Balaban J connectivity index is 2.16. The normalized spacial score (nSPS) is 26.2. The van der Waals surface area contributed by atoms with Crippen molar-refractivity contribution < 1.29 is 14.7 Å². The number of hydrogen-bond donors (Lipinski definition) is 1. The van der Waals surface area contributed by atoms with Gasteiger partial charge in [-0.1, -0.05) is 23.3 Å². The molecular weight excluding hydrogens is 240 g/mol. The van der Waals surface area contributed by atoms with Crippen molar-refractivity contribution in [1.29, 1.82) is 0 Å². The Bertz CT molecular complexity index is 625. The zero-order valence-electron chi connectivity index (χ0n) is 11.1. The molecule has 3 nitrogen and oxygen atoms in total. The summed E-state index contributed by atoms with van der Waals surface area (Å²) >= 11 is 0. The van der Waals surface area contributed by atoms with Crippen LogP contribution in [0, 0.1) is 11.8 Å². The lowest BCUT2D eigenvalue weighted by molar-refractivity contribution is 0.0718. The van der Waals surface area contributed by atoms with Gasteiger partial charge >= 0.3 is 0 Å². The molecule has 1 N–H and O–H groups in total. The number of phenols is 1. The van der Waals surface area contributed by atoms with Crippen LogP contribution in [0.3, 0.4) is 0 Å². The van der Waals surface area contributed by atoms with Gasteiger partial charge < -0.3 is 5.11 Å². The second-order valence-electron chi connectivity index (χ2n) is 5.61. The number of benzene rings is 1. The topological polar surface area (TPSA) is 54.4 Å². The molecule has 0 fully saturated rings. The summed E-state index contributed by atoms with van der Waals surface area (Å²) in [7, 11) is 0. The number of fused-ring (bicyclic) bond motifs is 2. The van der Waals surface area contributed by atoms with Crippen LogP contribution in [-0.4, -0.2) is 16.7 Å². The van der Waals surface area contributed by atoms with E-state index in [1.54, 1.807) is 12.1 Å². The SMILES string of the molecule is CC1=C(C)C[C@@H]2C(=O)c3c(O)cccc3C(=O)[C@H]2C1. The Morgan fingerprint density at radius 2 is 1.58 bits per heavy atom. The van der Waals surface area contributed by atoms with E-state index in [9.17, 15) is 14.7 Å². The Morgan fingerprint density at radius 1 is 1.00 bits per heavy atom. The summed E-state index contributed by atoms with van der Waals surface area (Å²) in [5.74, 6) is -0.687. The Kier molecular flexibility index (Phi) is 2.59. The average Bonchev–Trinajstić information content (AvgIpc) is 2.38. The molecule has 1 aromatic carbocycles. The summed E-state index contributed by atoms with van der Waals surface area (Å²) in [4.78, 5) is 25.0. The molecule has 0 spiro atoms. The zero-order chi connectivity index (χ0) is 13.7. The van der Waals surface area contributed by atoms with Gasteiger partial charge in [-0.2, -0.15) is 0 Å². The number of carbonyl (C=O) groups is 2. The van der Waals surface area contributed by atoms with Gasteiger partial charge in [-0.05, 0) is 32.8 Å². The highest BCUT2D eigenvalue weighted by molar-refractivity contribution is 6.17. The molecule has 1 aromatic rings. The van der Waals surface area contributed by atoms with Gasteiger partial charge in [0.25, 0.3) is 0 Å². The smallest absolute Gasteiger partial charge is 0.171 e. The third-order valence-corrected chi connectivity index (χ3v) is 4.49. The summed E-state index contributed by atoms with van der Waals surface area (Å²) in [5, 5.41) is 9.87. The molecule has 0 saturated carbocycles. The molecule has 0 aromatic heterocycles. The molecule has 2 aliphatic carbocycles. The lowest BCUT2D eigenvalue weighted by Crippen LogP contribution is -2.38. The van der Waals surface area contributed by atoms with Gasteiger partial charge in [-0.15, -0.1) is 0 Å². The van der Waals surface area contributed by atoms with E-state index in [0.29, 0.717) is 18.4 Å². The number of carbonyl (C=O) groups excluding carboxylic acids is 2. The quantitative estimate of drug-likeness (QED) is 0.725. The Morgan fingerprint density at radius 3 is 2.21 bits per heavy atom. The molecule has 0 amide bonds. The van der Waals surface area contributed by atoms with Crippen LogP contribution in [0.1, 0.15) is 47.4 Å². The highest BCUT2D eigenvalue weighted by atomic mass is 16.3. The van der Waals surface area contributed by atoms with Gasteiger partial charge in [0.1, 0.15) is 5.75 Å². The monoisotopic (exact) mass is 256 g/mol. The number of hydrogen-bond acceptors (Lipinski definition) is 3. The van der Waals surface area contributed by atoms with Crippen LogP contribution in [0.4, 0.5) is 0 Å². The number of aromatic hydroxyl groups is 1. The third kappa shape index (κ3) is 1.65. The summed E-state index contributed by atoms with van der Waals surface area (Å²) in [6.45, 7) is 4.05. The van der Waals surface area contributed by atoms with Crippen LogP contribution in [0.5, 0.6) is 5.75 Å². The summed E-state index contributed by atoms with van der Waals surface area (Å²) in [6, 6.07) is 4.74. The van der Waals surface area contributed by atoms with Crippen molar-refractivity contribution in [3.05, 3.63) is 40.5 Å². The maximum absolute atomic E-state index is 12.5. The number of phenolic OH excluding ortho intramolecular Hbond substituents is 1. The fourth-order valence-electron chi connectivity index (χ4n) is 3.23. The van der Waals surface area contributed by atoms with Gasteiger partial charge in [0.15, 0.2) is 11.6 Å². The zero-order valence-corrected chi connectivity index (χ0v) is 11.1. The summed E-state index contributed by atoms with van der Waals surface area (Å²) in [5.41, 5.74) is 3.02. The van der Waals surface area contributed by atoms with Crippen LogP contribution < -0.4 is 0 Å². The molecule has 0 heterocycles. The van der Waals surface area contributed by atoms with E-state index < -0.39 is 0 Å². The maximum atomic E-state index is 12.5. The van der Waals surface area contributed by atoms with E-state index in [1.165, 1.54) is 17.2 Å². The second kappa shape index (κ2) is 4.05. The Hall–Kier alpha value is -1.90. The number of ketones is 2. The van der Waals surface area contributed by atoms with Crippen molar-refractivity contribution in [1.82, 2.24) is 0 Å². The van der Waals surface area contributed by atoms with Crippen LogP contribution in [0.2, 0.25) is 0 Å². The van der Waals surface area contributed by atoms with Crippen molar-refractivity contribution in [2.45, 2.75) is 26.7 Å². The molecule has 19 heavy (non-hydrogen) atoms. The lowest BCUT2D eigenvalue weighted by atomic mass is 9.66. The van der Waals surface area contributed by atoms with Crippen LogP contribution >= 0.6 is 0 Å². The maximum Gasteiger partial charge on any atom is 0.171 e. The standard InChI is InChI=1S/C16H16O3/c1-8-6-11-12(7-9(8)2)16(19)14-10(15(11)18)4-3-5-13(14)17/h3-5,11-12,17H,6-7H2,1-2H3/t11-,12-/m0/s1. The van der Waals surface area contributed by atoms with Gasteiger partial charge in [0.2, 0.25) is 0 Å². The molecule has 2 aliphatic rings. The van der Waals surface area contributed by atoms with Gasteiger partial charge in [0.05, 0.1) is 5.56 Å². The number of rotatable bonds is 0. The highest BCUT2D eigenvalue weighted by Gasteiger charge is 2.44. The number of allylic oxidation sites excluding steroid dienone is 2. The molecule has 0 unspecified atom stereocenters. The minimum atomic E-state index is -0.294. The third-order valence-electron chi connectivity index (χ3n) is 4.49. The fraction of sp³-hybridized carbons (Fsp3) is 0.375. The summed E-state index contributed by atoms with van der Waals surface area (Å²) in [6.07, 6.45) is 1.30. The van der Waals surface area contributed by atoms with E-state index >= 15 is 0 Å². The highest BCUT2D eigenvalue weighted by Crippen LogP contribution is 2.43. The first-order chi connectivity index (χ1) is 9.00. The average molecular weight is 256 g/mol. The fourth-order valence-corrected chi connectivity index (χ4v) is 3.23. The predicted octanol–water partition coefficient (Wildman–Crippen LogP) is 3.13. The lowest BCUT2D eigenvalue weighted by Gasteiger charge is -2.35. The molecule has 0 saturated heterocycles. The first kappa shape index (κ1) is 12.2. The Labute approximate surface area is 111 Å². The van der Waals surface area contributed by atoms with Crippen molar-refractivity contribution in [3.8, 4) is 5.75 Å². The first-order valence-corrected chi connectivity index (χ1v) is 6.56. The van der Waals surface area contributed by atoms with E-state index in [-0.39, 0.29) is 34.7 Å².